The van der Waals surface area contributed by atoms with E-state index in [0.717, 1.165) is 0 Å². The summed E-state index contributed by atoms with van der Waals surface area (Å²) in [5, 5.41) is 16.4. The van der Waals surface area contributed by atoms with E-state index in [2.05, 4.69) is 10.4 Å². The van der Waals surface area contributed by atoms with Gasteiger partial charge in [-0.05, 0) is 31.4 Å². The molecule has 144 valence electrons. The van der Waals surface area contributed by atoms with Crippen LogP contribution in [0.3, 0.4) is 0 Å². The monoisotopic (exact) mass is 367 g/mol. The number of hydrogen-bond donors (Lipinski definition) is 1. The van der Waals surface area contributed by atoms with E-state index in [1.165, 1.54) is 6.26 Å². The zero-order valence-electron chi connectivity index (χ0n) is 15.3. The number of guanidine groups is 1. The first kappa shape index (κ1) is 19.7. The van der Waals surface area contributed by atoms with Gasteiger partial charge in [0.2, 0.25) is 0 Å². The van der Waals surface area contributed by atoms with E-state index in [-0.39, 0.29) is 31.2 Å². The van der Waals surface area contributed by atoms with Crippen LogP contribution in [0.25, 0.3) is 0 Å². The Labute approximate surface area is 151 Å². The van der Waals surface area contributed by atoms with Crippen molar-refractivity contribution in [2.75, 3.05) is 19.9 Å². The van der Waals surface area contributed by atoms with Crippen molar-refractivity contribution in [2.45, 2.75) is 39.8 Å². The molecule has 1 atom stereocenters. The molecular formula is C16H25N5O5. The quantitative estimate of drug-likeness (QED) is 0.417. The fourth-order valence-corrected chi connectivity index (χ4v) is 2.80. The first-order valence-corrected chi connectivity index (χ1v) is 8.55. The van der Waals surface area contributed by atoms with Gasteiger partial charge in [-0.1, -0.05) is 13.8 Å². The van der Waals surface area contributed by atoms with Crippen LogP contribution in [-0.2, 0) is 16.1 Å². The highest BCUT2D eigenvalue weighted by molar-refractivity contribution is 5.80. The van der Waals surface area contributed by atoms with E-state index in [1.54, 1.807) is 24.0 Å². The Morgan fingerprint density at radius 1 is 1.54 bits per heavy atom. The Morgan fingerprint density at radius 3 is 2.88 bits per heavy atom. The third kappa shape index (κ3) is 5.45. The lowest BCUT2D eigenvalue weighted by Crippen LogP contribution is -2.61. The van der Waals surface area contributed by atoms with Crippen LogP contribution < -0.4 is 5.32 Å². The normalized spacial score (nSPS) is 18.0. The van der Waals surface area contributed by atoms with Crippen LogP contribution in [0.5, 0.6) is 0 Å². The van der Waals surface area contributed by atoms with Crippen molar-refractivity contribution >= 4 is 11.9 Å². The largest absolute Gasteiger partial charge is 0.467 e. The fourth-order valence-electron chi connectivity index (χ4n) is 2.80. The molecule has 0 aromatic carbocycles. The Balaban J connectivity index is 2.19. The van der Waals surface area contributed by atoms with Crippen molar-refractivity contribution in [2.24, 2.45) is 11.0 Å². The molecule has 1 aromatic rings. The number of hydrazone groups is 1. The number of nitrogens with one attached hydrogen (secondary N) is 1. The number of carbonyl (C=O) groups is 1. The van der Waals surface area contributed by atoms with Crippen molar-refractivity contribution in [3.63, 3.8) is 0 Å². The predicted molar refractivity (Wildman–Crippen MR) is 93.3 cm³/mol. The van der Waals surface area contributed by atoms with Gasteiger partial charge in [0.15, 0.2) is 5.03 Å². The molecular weight excluding hydrogens is 342 g/mol. The third-order valence-corrected chi connectivity index (χ3v) is 3.89. The number of esters is 1. The lowest BCUT2D eigenvalue weighted by molar-refractivity contribution is -0.486. The maximum atomic E-state index is 12.4. The predicted octanol–water partition coefficient (Wildman–Crippen LogP) is 1.43. The van der Waals surface area contributed by atoms with Crippen LogP contribution in [0.1, 0.15) is 33.0 Å². The van der Waals surface area contributed by atoms with Crippen LogP contribution in [0, 0.1) is 16.0 Å². The molecule has 0 radical (unpaired) electrons. The van der Waals surface area contributed by atoms with E-state index in [4.69, 9.17) is 9.15 Å². The molecule has 0 saturated carbocycles. The molecule has 26 heavy (non-hydrogen) atoms. The van der Waals surface area contributed by atoms with Gasteiger partial charge in [0, 0.05) is 0 Å². The maximum absolute atomic E-state index is 12.4. The molecule has 0 amide bonds. The first-order valence-electron chi connectivity index (χ1n) is 8.55. The minimum atomic E-state index is -0.746. The number of carbonyl (C=O) groups excluding carboxylic acids is 1. The zero-order chi connectivity index (χ0) is 19.1. The summed E-state index contributed by atoms with van der Waals surface area (Å²) in [6.07, 6.45) is 2.16. The number of hydrogen-bond acceptors (Lipinski definition) is 6. The van der Waals surface area contributed by atoms with Gasteiger partial charge in [-0.3, -0.25) is 9.69 Å². The Bertz CT molecular complexity index is 631. The molecule has 1 fully saturated rings. The second-order valence-corrected chi connectivity index (χ2v) is 6.40. The molecule has 0 spiro atoms. The van der Waals surface area contributed by atoms with Crippen molar-refractivity contribution in [1.29, 1.82) is 0 Å². The van der Waals surface area contributed by atoms with Gasteiger partial charge in [-0.15, -0.1) is 0 Å². The summed E-state index contributed by atoms with van der Waals surface area (Å²) in [6, 6.07) is 3.08. The highest BCUT2D eigenvalue weighted by Crippen LogP contribution is 2.17. The number of furan rings is 1. The Kier molecular flexibility index (Phi) is 6.96. The summed E-state index contributed by atoms with van der Waals surface area (Å²) in [7, 11) is 0. The average molecular weight is 367 g/mol. The molecule has 1 saturated heterocycles. The number of nitrogens with zero attached hydrogens (tertiary/aromatic N) is 4. The number of nitro groups is 1. The van der Waals surface area contributed by atoms with E-state index in [0.29, 0.717) is 25.3 Å². The van der Waals surface area contributed by atoms with Crippen molar-refractivity contribution in [3.8, 4) is 0 Å². The standard InChI is InChI=1S/C16H25N5O5/c1-4-25-15(22)14(8-12(2)3)20-10-17-16(18-21(23)24)19(11-20)9-13-6-5-7-26-13/h5-7,12,14H,4,8-11H2,1-3H3,(H,17,18). The maximum Gasteiger partial charge on any atom is 0.323 e. The summed E-state index contributed by atoms with van der Waals surface area (Å²) >= 11 is 0. The summed E-state index contributed by atoms with van der Waals surface area (Å²) in [4.78, 5) is 26.8. The molecule has 2 rings (SSSR count). The number of rotatable bonds is 8. The molecule has 10 heteroatoms. The highest BCUT2D eigenvalue weighted by Gasteiger charge is 2.34. The third-order valence-electron chi connectivity index (χ3n) is 3.89. The van der Waals surface area contributed by atoms with Crippen molar-refractivity contribution in [3.05, 3.63) is 34.3 Å². The van der Waals surface area contributed by atoms with Crippen molar-refractivity contribution < 1.29 is 19.0 Å². The number of ether oxygens (including phenoxy) is 1. The first-order chi connectivity index (χ1) is 12.4. The van der Waals surface area contributed by atoms with Crippen LogP contribution >= 0.6 is 0 Å². The van der Waals surface area contributed by atoms with Crippen molar-refractivity contribution in [1.82, 2.24) is 15.1 Å². The molecule has 1 aliphatic rings. The van der Waals surface area contributed by atoms with Crippen LogP contribution in [0.2, 0.25) is 0 Å². The second-order valence-electron chi connectivity index (χ2n) is 6.40. The summed E-state index contributed by atoms with van der Waals surface area (Å²) < 4.78 is 10.5. The molecule has 0 aliphatic carbocycles. The van der Waals surface area contributed by atoms with E-state index >= 15 is 0 Å². The van der Waals surface area contributed by atoms with Gasteiger partial charge in [-0.25, -0.2) is 10.1 Å². The second kappa shape index (κ2) is 9.18. The van der Waals surface area contributed by atoms with E-state index in [9.17, 15) is 14.9 Å². The van der Waals surface area contributed by atoms with Gasteiger partial charge in [0.05, 0.1) is 32.8 Å². The van der Waals surface area contributed by atoms with Gasteiger partial charge >= 0.3 is 5.97 Å². The molecule has 2 heterocycles. The molecule has 1 unspecified atom stereocenters. The lowest BCUT2D eigenvalue weighted by Gasteiger charge is -2.40. The molecule has 1 aromatic heterocycles. The summed E-state index contributed by atoms with van der Waals surface area (Å²) in [5.74, 6) is 0.767. The molecule has 10 nitrogen and oxygen atoms in total. The Morgan fingerprint density at radius 2 is 2.31 bits per heavy atom. The smallest absolute Gasteiger partial charge is 0.323 e. The minimum absolute atomic E-state index is 0.134. The van der Waals surface area contributed by atoms with Crippen LogP contribution in [0.4, 0.5) is 0 Å². The SMILES string of the molecule is CCOC(=O)C(CC(C)C)N1CN/C(=N\[N+](=O)[O-])N(Cc2ccco2)C1. The topological polar surface area (TPSA) is 113 Å². The van der Waals surface area contributed by atoms with Gasteiger partial charge in [0.1, 0.15) is 16.9 Å². The van der Waals surface area contributed by atoms with Crippen LogP contribution in [-0.4, -0.2) is 52.7 Å². The average Bonchev–Trinajstić information content (AvgIpc) is 3.07. The highest BCUT2D eigenvalue weighted by atomic mass is 16.7. The Hall–Kier alpha value is -2.62. The van der Waals surface area contributed by atoms with E-state index < -0.39 is 11.1 Å². The van der Waals surface area contributed by atoms with Crippen LogP contribution in [0.15, 0.2) is 27.9 Å². The summed E-state index contributed by atoms with van der Waals surface area (Å²) in [6.45, 7) is 6.98. The fraction of sp³-hybridized carbons (Fsp3) is 0.625. The minimum Gasteiger partial charge on any atom is -0.467 e. The van der Waals surface area contributed by atoms with E-state index in [1.807, 2.05) is 18.7 Å². The lowest BCUT2D eigenvalue weighted by atomic mass is 10.0. The molecule has 1 aliphatic heterocycles. The van der Waals surface area contributed by atoms with Gasteiger partial charge in [0.25, 0.3) is 5.96 Å². The zero-order valence-corrected chi connectivity index (χ0v) is 15.3. The molecule has 1 N–H and O–H groups in total. The molecule has 0 bridgehead atoms. The summed E-state index contributed by atoms with van der Waals surface area (Å²) in [5.41, 5.74) is 0. The van der Waals surface area contributed by atoms with Gasteiger partial charge in [-0.2, -0.15) is 0 Å². The van der Waals surface area contributed by atoms with Gasteiger partial charge < -0.3 is 19.4 Å².